The lowest BCUT2D eigenvalue weighted by atomic mass is 10.00. The van der Waals surface area contributed by atoms with Crippen LogP contribution in [0.2, 0.25) is 0 Å². The number of anilines is 1. The Morgan fingerprint density at radius 2 is 1.91 bits per heavy atom. The van der Waals surface area contributed by atoms with Gasteiger partial charge in [0.25, 0.3) is 0 Å². The van der Waals surface area contributed by atoms with Crippen molar-refractivity contribution in [1.29, 1.82) is 0 Å². The number of hydrogen-bond acceptors (Lipinski definition) is 7. The van der Waals surface area contributed by atoms with Crippen molar-refractivity contribution in [3.8, 4) is 5.75 Å². The van der Waals surface area contributed by atoms with E-state index in [4.69, 9.17) is 25.1 Å². The van der Waals surface area contributed by atoms with Gasteiger partial charge in [-0.15, -0.1) is 0 Å². The summed E-state index contributed by atoms with van der Waals surface area (Å²) in [6.45, 7) is 0.925. The highest BCUT2D eigenvalue weighted by atomic mass is 16.7. The summed E-state index contributed by atoms with van der Waals surface area (Å²) in [6, 6.07) is 6.46. The molecule has 1 aromatic rings. The Bertz CT molecular complexity index is 506. The van der Waals surface area contributed by atoms with Crippen LogP contribution < -0.4 is 10.5 Å². The fourth-order valence-electron chi connectivity index (χ4n) is 2.12. The van der Waals surface area contributed by atoms with Gasteiger partial charge in [-0.25, -0.2) is 4.79 Å². The van der Waals surface area contributed by atoms with Crippen molar-refractivity contribution < 1.29 is 34.3 Å². The van der Waals surface area contributed by atoms with Gasteiger partial charge < -0.3 is 35.3 Å². The van der Waals surface area contributed by atoms with Crippen LogP contribution in [0.4, 0.5) is 5.69 Å². The second-order valence-electron chi connectivity index (χ2n) is 5.05. The number of carboxylic acids is 1. The molecule has 0 aliphatic carbocycles. The molecule has 1 aromatic carbocycles. The lowest BCUT2D eigenvalue weighted by Gasteiger charge is -2.40. The highest BCUT2D eigenvalue weighted by Crippen LogP contribution is 2.26. The van der Waals surface area contributed by atoms with Crippen LogP contribution in [0, 0.1) is 0 Å². The van der Waals surface area contributed by atoms with Crippen LogP contribution in [-0.2, 0) is 14.3 Å². The van der Waals surface area contributed by atoms with Crippen LogP contribution >= 0.6 is 0 Å². The Balaban J connectivity index is 2.12. The fourth-order valence-corrected chi connectivity index (χ4v) is 2.12. The van der Waals surface area contributed by atoms with Gasteiger partial charge in [0.2, 0.25) is 6.29 Å². The minimum atomic E-state index is -1.33. The molecule has 2 rings (SSSR count). The van der Waals surface area contributed by atoms with Gasteiger partial charge in [-0.2, -0.15) is 0 Å². The van der Waals surface area contributed by atoms with E-state index in [1.807, 2.05) is 0 Å². The Hall–Kier alpha value is -1.87. The average Bonchev–Trinajstić information content (AvgIpc) is 2.46. The molecule has 1 heterocycles. The largest absolute Gasteiger partial charge is 0.480 e. The summed E-state index contributed by atoms with van der Waals surface area (Å²) in [7, 11) is 0. The third-order valence-electron chi connectivity index (χ3n) is 3.32. The summed E-state index contributed by atoms with van der Waals surface area (Å²) in [5.74, 6) is -0.787. The van der Waals surface area contributed by atoms with Crippen LogP contribution in [0.25, 0.3) is 0 Å². The van der Waals surface area contributed by atoms with E-state index in [9.17, 15) is 15.0 Å². The molecule has 22 heavy (non-hydrogen) atoms. The minimum absolute atomic E-state index is 0.416. The molecule has 0 unspecified atom stereocenters. The summed E-state index contributed by atoms with van der Waals surface area (Å²) in [5, 5.41) is 28.6. The summed E-state index contributed by atoms with van der Waals surface area (Å²) in [5.41, 5.74) is 6.14. The molecule has 1 aliphatic rings. The predicted octanol–water partition coefficient (Wildman–Crippen LogP) is -0.416. The monoisotopic (exact) mass is 313 g/mol. The lowest BCUT2D eigenvalue weighted by Crippen LogP contribution is -2.59. The molecule has 5 atom stereocenters. The van der Waals surface area contributed by atoms with E-state index < -0.39 is 43.3 Å². The molecule has 8 heteroatoms. The first-order valence-corrected chi connectivity index (χ1v) is 6.75. The third-order valence-corrected chi connectivity index (χ3v) is 3.32. The van der Waals surface area contributed by atoms with Crippen LogP contribution in [0.15, 0.2) is 24.3 Å². The van der Waals surface area contributed by atoms with Crippen LogP contribution in [0.3, 0.4) is 0 Å². The van der Waals surface area contributed by atoms with Crippen molar-refractivity contribution in [2.45, 2.75) is 37.6 Å². The summed E-state index contributed by atoms with van der Waals surface area (Å²) in [4.78, 5) is 10.6. The van der Waals surface area contributed by atoms with Gasteiger partial charge in [0.15, 0.2) is 0 Å². The number of aliphatic hydroxyl groups excluding tert-OH is 2. The normalized spacial score (nSPS) is 31.7. The number of nitrogen functional groups attached to an aromatic ring is 1. The van der Waals surface area contributed by atoms with Gasteiger partial charge in [-0.1, -0.05) is 0 Å². The zero-order chi connectivity index (χ0) is 16.3. The first kappa shape index (κ1) is 16.5. The predicted molar refractivity (Wildman–Crippen MR) is 75.2 cm³/mol. The second kappa shape index (κ2) is 6.93. The summed E-state index contributed by atoms with van der Waals surface area (Å²) < 4.78 is 16.1. The number of nitrogens with two attached hydrogens (primary N) is 1. The SMILES string of the molecule is C[C@@H]1O[C@H](Oc2ccc(N)cc2)[C@@H](OCC(=O)O)[C@H](O)[C@@H]1O. The molecule has 1 fully saturated rings. The standard InChI is InChI=1S/C14H19NO7/c1-7-11(18)12(19)13(20-6-10(16)17)14(21-7)22-9-4-2-8(15)3-5-9/h2-5,7,11-14,18-19H,6,15H2,1H3,(H,16,17)/t7-,11+,12+,13-,14+/m0/s1. The van der Waals surface area contributed by atoms with Crippen molar-refractivity contribution >= 4 is 11.7 Å². The van der Waals surface area contributed by atoms with Gasteiger partial charge in [-0.3, -0.25) is 0 Å². The number of aliphatic carboxylic acids is 1. The number of carbonyl (C=O) groups is 1. The molecule has 0 radical (unpaired) electrons. The Kier molecular flexibility index (Phi) is 5.19. The molecule has 1 saturated heterocycles. The topological polar surface area (TPSA) is 131 Å². The number of aliphatic hydroxyl groups is 2. The molecular weight excluding hydrogens is 294 g/mol. The van der Waals surface area contributed by atoms with Crippen molar-refractivity contribution in [2.75, 3.05) is 12.3 Å². The number of benzene rings is 1. The van der Waals surface area contributed by atoms with E-state index in [-0.39, 0.29) is 0 Å². The molecule has 1 aliphatic heterocycles. The maximum absolute atomic E-state index is 10.6. The van der Waals surface area contributed by atoms with Crippen molar-refractivity contribution in [3.05, 3.63) is 24.3 Å². The molecule has 0 bridgehead atoms. The molecule has 8 nitrogen and oxygen atoms in total. The summed E-state index contributed by atoms with van der Waals surface area (Å²) >= 11 is 0. The Labute approximate surface area is 127 Å². The quantitative estimate of drug-likeness (QED) is 0.539. The zero-order valence-electron chi connectivity index (χ0n) is 12.0. The number of hydrogen-bond donors (Lipinski definition) is 4. The van der Waals surface area contributed by atoms with Gasteiger partial charge in [-0.05, 0) is 31.2 Å². The molecular formula is C14H19NO7. The van der Waals surface area contributed by atoms with Gasteiger partial charge in [0, 0.05) is 5.69 Å². The molecule has 5 N–H and O–H groups in total. The Morgan fingerprint density at radius 3 is 2.50 bits per heavy atom. The van der Waals surface area contributed by atoms with E-state index >= 15 is 0 Å². The van der Waals surface area contributed by atoms with Crippen LogP contribution in [0.5, 0.6) is 5.75 Å². The van der Waals surface area contributed by atoms with Gasteiger partial charge >= 0.3 is 5.97 Å². The highest BCUT2D eigenvalue weighted by molar-refractivity contribution is 5.68. The smallest absolute Gasteiger partial charge is 0.329 e. The maximum Gasteiger partial charge on any atom is 0.329 e. The first-order chi connectivity index (χ1) is 10.4. The Morgan fingerprint density at radius 1 is 1.27 bits per heavy atom. The number of rotatable bonds is 5. The van der Waals surface area contributed by atoms with E-state index in [1.54, 1.807) is 31.2 Å². The first-order valence-electron chi connectivity index (χ1n) is 6.75. The van der Waals surface area contributed by atoms with Crippen molar-refractivity contribution in [2.24, 2.45) is 0 Å². The van der Waals surface area contributed by atoms with Gasteiger partial charge in [0.05, 0.1) is 6.10 Å². The zero-order valence-corrected chi connectivity index (χ0v) is 12.0. The van der Waals surface area contributed by atoms with Crippen LogP contribution in [-0.4, -0.2) is 58.6 Å². The molecule has 0 amide bonds. The van der Waals surface area contributed by atoms with Crippen LogP contribution in [0.1, 0.15) is 6.92 Å². The highest BCUT2D eigenvalue weighted by Gasteiger charge is 2.45. The van der Waals surface area contributed by atoms with Gasteiger partial charge in [0.1, 0.15) is 30.7 Å². The second-order valence-corrected chi connectivity index (χ2v) is 5.05. The third kappa shape index (κ3) is 3.86. The van der Waals surface area contributed by atoms with E-state index in [0.29, 0.717) is 11.4 Å². The summed E-state index contributed by atoms with van der Waals surface area (Å²) in [6.07, 6.45) is -5.43. The molecule has 0 aromatic heterocycles. The minimum Gasteiger partial charge on any atom is -0.480 e. The van der Waals surface area contributed by atoms with Crippen molar-refractivity contribution in [3.63, 3.8) is 0 Å². The van der Waals surface area contributed by atoms with E-state index in [2.05, 4.69) is 0 Å². The number of carboxylic acid groups (broad SMARTS) is 1. The maximum atomic E-state index is 10.6. The lowest BCUT2D eigenvalue weighted by molar-refractivity contribution is -0.278. The van der Waals surface area contributed by atoms with E-state index in [1.165, 1.54) is 0 Å². The average molecular weight is 313 g/mol. The molecule has 0 saturated carbocycles. The van der Waals surface area contributed by atoms with E-state index in [0.717, 1.165) is 0 Å². The molecule has 122 valence electrons. The van der Waals surface area contributed by atoms with Crippen molar-refractivity contribution in [1.82, 2.24) is 0 Å². The fraction of sp³-hybridized carbons (Fsp3) is 0.500. The number of ether oxygens (including phenoxy) is 3. The molecule has 0 spiro atoms.